The van der Waals surface area contributed by atoms with Gasteiger partial charge in [0.05, 0.1) is 19.7 Å². The first-order valence-electron chi connectivity index (χ1n) is 7.11. The van der Waals surface area contributed by atoms with Crippen molar-refractivity contribution >= 4 is 6.03 Å². The molecule has 0 aliphatic heterocycles. The molecule has 0 bridgehead atoms. The predicted octanol–water partition coefficient (Wildman–Crippen LogP) is 3.33. The summed E-state index contributed by atoms with van der Waals surface area (Å²) < 4.78 is 43.6. The Morgan fingerprint density at radius 1 is 1.45 bits per heavy atom. The number of nitrogens with one attached hydrogen (secondary N) is 1. The summed E-state index contributed by atoms with van der Waals surface area (Å²) in [7, 11) is 1.36. The van der Waals surface area contributed by atoms with Gasteiger partial charge in [0.15, 0.2) is 11.6 Å². The maximum atomic E-state index is 13.7. The number of hydrogen-bond acceptors (Lipinski definition) is 2. The first-order chi connectivity index (χ1) is 10.4. The molecule has 0 aromatic heterocycles. The van der Waals surface area contributed by atoms with Gasteiger partial charge >= 0.3 is 6.03 Å². The van der Waals surface area contributed by atoms with Gasteiger partial charge in [0, 0.05) is 6.04 Å². The second kappa shape index (κ2) is 6.89. The molecule has 122 valence electrons. The molecule has 0 spiro atoms. The number of rotatable bonds is 6. The predicted molar refractivity (Wildman–Crippen MR) is 75.6 cm³/mol. The van der Waals surface area contributed by atoms with Gasteiger partial charge < -0.3 is 15.0 Å². The van der Waals surface area contributed by atoms with Crippen LogP contribution in [0.2, 0.25) is 0 Å². The van der Waals surface area contributed by atoms with Crippen LogP contribution in [0.4, 0.5) is 18.0 Å². The van der Waals surface area contributed by atoms with Gasteiger partial charge in [0.25, 0.3) is 6.43 Å². The number of halogens is 3. The van der Waals surface area contributed by atoms with Crippen LogP contribution in [0.15, 0.2) is 18.2 Å². The minimum Gasteiger partial charge on any atom is -0.494 e. The fraction of sp³-hybridized carbons (Fsp3) is 0.533. The van der Waals surface area contributed by atoms with Crippen molar-refractivity contribution < 1.29 is 22.7 Å². The number of benzene rings is 1. The quantitative estimate of drug-likeness (QED) is 0.874. The van der Waals surface area contributed by atoms with Crippen molar-refractivity contribution in [2.75, 3.05) is 13.7 Å². The average molecular weight is 316 g/mol. The zero-order chi connectivity index (χ0) is 16.3. The Hall–Kier alpha value is -1.92. The van der Waals surface area contributed by atoms with Crippen LogP contribution in [0.5, 0.6) is 5.75 Å². The van der Waals surface area contributed by atoms with Crippen LogP contribution in [0.3, 0.4) is 0 Å². The number of hydrogen-bond donors (Lipinski definition) is 1. The van der Waals surface area contributed by atoms with Gasteiger partial charge in [0.2, 0.25) is 0 Å². The van der Waals surface area contributed by atoms with Crippen molar-refractivity contribution in [1.82, 2.24) is 10.2 Å². The molecular weight excluding hydrogens is 297 g/mol. The summed E-state index contributed by atoms with van der Waals surface area (Å²) in [5, 5.41) is 2.63. The number of methoxy groups -OCH3 is 1. The van der Waals surface area contributed by atoms with Crippen LogP contribution in [-0.2, 0) is 0 Å². The highest BCUT2D eigenvalue weighted by atomic mass is 19.3. The molecule has 2 amide bonds. The van der Waals surface area contributed by atoms with Crippen LogP contribution < -0.4 is 10.1 Å². The molecule has 1 aromatic rings. The molecule has 0 saturated heterocycles. The summed E-state index contributed by atoms with van der Waals surface area (Å²) in [6, 6.07) is 3.19. The molecule has 1 N–H and O–H groups in total. The second-order valence-electron chi connectivity index (χ2n) is 5.34. The maximum Gasteiger partial charge on any atom is 0.318 e. The fourth-order valence-corrected chi connectivity index (χ4v) is 2.24. The van der Waals surface area contributed by atoms with E-state index in [2.05, 4.69) is 5.32 Å². The third-order valence-electron chi connectivity index (χ3n) is 3.60. The van der Waals surface area contributed by atoms with E-state index in [4.69, 9.17) is 4.74 Å². The Morgan fingerprint density at radius 2 is 2.14 bits per heavy atom. The third-order valence-corrected chi connectivity index (χ3v) is 3.60. The average Bonchev–Trinajstić information content (AvgIpc) is 3.28. The lowest BCUT2D eigenvalue weighted by Crippen LogP contribution is -2.44. The molecule has 1 saturated carbocycles. The van der Waals surface area contributed by atoms with E-state index in [9.17, 15) is 18.0 Å². The summed E-state index contributed by atoms with van der Waals surface area (Å²) in [6.07, 6.45) is -1.09. The number of urea groups is 1. The number of carbonyl (C=O) groups is 1. The molecule has 1 fully saturated rings. The highest BCUT2D eigenvalue weighted by molar-refractivity contribution is 5.75. The number of carbonyl (C=O) groups excluding carboxylic acids is 1. The van der Waals surface area contributed by atoms with E-state index < -0.39 is 30.9 Å². The Kier molecular flexibility index (Phi) is 5.15. The monoisotopic (exact) mass is 316 g/mol. The summed E-state index contributed by atoms with van der Waals surface area (Å²) in [6.45, 7) is 1.09. The molecular formula is C15H19F3N2O2. The molecule has 0 radical (unpaired) electrons. The zero-order valence-electron chi connectivity index (χ0n) is 12.5. The van der Waals surface area contributed by atoms with Crippen molar-refractivity contribution in [3.05, 3.63) is 29.6 Å². The Labute approximate surface area is 127 Å². The Balaban J connectivity index is 2.02. The van der Waals surface area contributed by atoms with E-state index in [1.807, 2.05) is 0 Å². The Morgan fingerprint density at radius 3 is 2.64 bits per heavy atom. The van der Waals surface area contributed by atoms with Gasteiger partial charge in [-0.2, -0.15) is 0 Å². The molecule has 4 nitrogen and oxygen atoms in total. The van der Waals surface area contributed by atoms with Crippen LogP contribution in [0.25, 0.3) is 0 Å². The smallest absolute Gasteiger partial charge is 0.318 e. The van der Waals surface area contributed by atoms with E-state index in [-0.39, 0.29) is 11.8 Å². The lowest BCUT2D eigenvalue weighted by atomic mass is 10.1. The zero-order valence-corrected chi connectivity index (χ0v) is 12.5. The summed E-state index contributed by atoms with van der Waals surface area (Å²) in [4.78, 5) is 13.3. The van der Waals surface area contributed by atoms with Crippen molar-refractivity contribution in [2.45, 2.75) is 38.3 Å². The summed E-state index contributed by atoms with van der Waals surface area (Å²) >= 11 is 0. The van der Waals surface area contributed by atoms with E-state index >= 15 is 0 Å². The largest absolute Gasteiger partial charge is 0.494 e. The number of amides is 2. The highest BCUT2D eigenvalue weighted by Gasteiger charge is 2.34. The Bertz CT molecular complexity index is 536. The number of ether oxygens (including phenoxy) is 1. The lowest BCUT2D eigenvalue weighted by molar-refractivity contribution is 0.0946. The molecule has 2 rings (SSSR count). The minimum absolute atomic E-state index is 0.111. The number of alkyl halides is 2. The van der Waals surface area contributed by atoms with Gasteiger partial charge in [-0.15, -0.1) is 0 Å². The fourth-order valence-electron chi connectivity index (χ4n) is 2.24. The van der Waals surface area contributed by atoms with Crippen LogP contribution in [0, 0.1) is 5.82 Å². The molecule has 1 unspecified atom stereocenters. The summed E-state index contributed by atoms with van der Waals surface area (Å²) in [5.74, 6) is -0.424. The van der Waals surface area contributed by atoms with Crippen LogP contribution in [-0.4, -0.2) is 37.1 Å². The van der Waals surface area contributed by atoms with Crippen molar-refractivity contribution in [3.63, 3.8) is 0 Å². The van der Waals surface area contributed by atoms with Gasteiger partial charge in [-0.05, 0) is 37.5 Å². The van der Waals surface area contributed by atoms with Crippen molar-refractivity contribution in [3.8, 4) is 5.75 Å². The normalized spacial score (nSPS) is 15.5. The second-order valence-corrected chi connectivity index (χ2v) is 5.34. The molecule has 7 heteroatoms. The van der Waals surface area contributed by atoms with Gasteiger partial charge in [-0.1, -0.05) is 6.07 Å². The molecule has 22 heavy (non-hydrogen) atoms. The number of nitrogens with zero attached hydrogens (tertiary/aromatic N) is 1. The van der Waals surface area contributed by atoms with Crippen molar-refractivity contribution in [2.24, 2.45) is 0 Å². The topological polar surface area (TPSA) is 41.6 Å². The SMILES string of the molecule is COc1ccc(C(C)NC(=O)N(CC(F)F)C2CC2)cc1F. The molecule has 1 atom stereocenters. The van der Waals surface area contributed by atoms with Crippen LogP contribution in [0.1, 0.15) is 31.4 Å². The van der Waals surface area contributed by atoms with E-state index in [1.54, 1.807) is 13.0 Å². The van der Waals surface area contributed by atoms with E-state index in [1.165, 1.54) is 19.2 Å². The summed E-state index contributed by atoms with van der Waals surface area (Å²) in [5.41, 5.74) is 0.541. The first-order valence-corrected chi connectivity index (χ1v) is 7.11. The highest BCUT2D eigenvalue weighted by Crippen LogP contribution is 2.28. The first kappa shape index (κ1) is 16.5. The van der Waals surface area contributed by atoms with Gasteiger partial charge in [-0.25, -0.2) is 18.0 Å². The molecule has 1 aromatic carbocycles. The minimum atomic E-state index is -2.57. The van der Waals surface area contributed by atoms with Crippen molar-refractivity contribution in [1.29, 1.82) is 0 Å². The van der Waals surface area contributed by atoms with Gasteiger partial charge in [0.1, 0.15) is 0 Å². The molecule has 1 aliphatic rings. The maximum absolute atomic E-state index is 13.7. The van der Waals surface area contributed by atoms with Crippen LogP contribution >= 0.6 is 0 Å². The standard InChI is InChI=1S/C15H19F3N2O2/c1-9(10-3-6-13(22-2)12(16)7-10)19-15(21)20(8-14(17)18)11-4-5-11/h3,6-7,9,11,14H,4-5,8H2,1-2H3,(H,19,21). The third kappa shape index (κ3) is 4.05. The lowest BCUT2D eigenvalue weighted by Gasteiger charge is -2.25. The molecule has 0 heterocycles. The van der Waals surface area contributed by atoms with E-state index in [0.717, 1.165) is 17.7 Å². The van der Waals surface area contributed by atoms with E-state index in [0.29, 0.717) is 5.56 Å². The van der Waals surface area contributed by atoms with Gasteiger partial charge in [-0.3, -0.25) is 0 Å². The molecule has 1 aliphatic carbocycles.